The van der Waals surface area contributed by atoms with Crippen LogP contribution in [0.15, 0.2) is 15.1 Å². The molecule has 2 aromatic rings. The standard InChI is InChI=1S/C7H7N3O2S/c1-9-5-4(13-3-8-5)6(11)10(2)7(9)12/h3H,1-2H3. The monoisotopic (exact) mass is 197 g/mol. The van der Waals surface area contributed by atoms with Crippen LogP contribution in [0.5, 0.6) is 0 Å². The van der Waals surface area contributed by atoms with E-state index in [0.717, 1.165) is 4.57 Å². The first-order valence-corrected chi connectivity index (χ1v) is 4.50. The predicted octanol–water partition coefficient (Wildman–Crippen LogP) is -0.306. The van der Waals surface area contributed by atoms with E-state index in [2.05, 4.69) is 4.98 Å². The molecule has 0 bridgehead atoms. The number of fused-ring (bicyclic) bond motifs is 1. The van der Waals surface area contributed by atoms with Gasteiger partial charge in [-0.05, 0) is 0 Å². The fraction of sp³-hybridized carbons (Fsp3) is 0.286. The van der Waals surface area contributed by atoms with Crippen molar-refractivity contribution in [2.45, 2.75) is 0 Å². The zero-order valence-electron chi connectivity index (χ0n) is 7.14. The van der Waals surface area contributed by atoms with Crippen LogP contribution in [0.25, 0.3) is 10.3 Å². The molecule has 0 aliphatic rings. The molecule has 0 aromatic carbocycles. The van der Waals surface area contributed by atoms with Gasteiger partial charge in [0.15, 0.2) is 5.65 Å². The lowest BCUT2D eigenvalue weighted by atomic mass is 10.6. The van der Waals surface area contributed by atoms with Gasteiger partial charge in [-0.15, -0.1) is 11.3 Å². The van der Waals surface area contributed by atoms with E-state index < -0.39 is 0 Å². The molecule has 0 spiro atoms. The summed E-state index contributed by atoms with van der Waals surface area (Å²) in [4.78, 5) is 26.8. The van der Waals surface area contributed by atoms with E-state index in [0.29, 0.717) is 10.3 Å². The van der Waals surface area contributed by atoms with E-state index in [1.54, 1.807) is 12.6 Å². The highest BCUT2D eigenvalue weighted by atomic mass is 32.1. The molecular weight excluding hydrogens is 190 g/mol. The first kappa shape index (κ1) is 8.18. The van der Waals surface area contributed by atoms with Crippen molar-refractivity contribution in [3.05, 3.63) is 26.3 Å². The molecule has 2 rings (SSSR count). The van der Waals surface area contributed by atoms with Crippen LogP contribution >= 0.6 is 11.3 Å². The van der Waals surface area contributed by atoms with Crippen molar-refractivity contribution in [1.29, 1.82) is 0 Å². The van der Waals surface area contributed by atoms with E-state index >= 15 is 0 Å². The number of aromatic nitrogens is 3. The van der Waals surface area contributed by atoms with Gasteiger partial charge in [-0.3, -0.25) is 13.9 Å². The third-order valence-electron chi connectivity index (χ3n) is 1.94. The van der Waals surface area contributed by atoms with Crippen molar-refractivity contribution < 1.29 is 0 Å². The van der Waals surface area contributed by atoms with Crippen LogP contribution in [0.3, 0.4) is 0 Å². The van der Waals surface area contributed by atoms with Crippen molar-refractivity contribution in [2.24, 2.45) is 14.1 Å². The Hall–Kier alpha value is -1.43. The van der Waals surface area contributed by atoms with Gasteiger partial charge in [0.05, 0.1) is 5.51 Å². The number of nitrogens with zero attached hydrogens (tertiary/aromatic N) is 3. The van der Waals surface area contributed by atoms with Gasteiger partial charge in [0.25, 0.3) is 5.56 Å². The fourth-order valence-corrected chi connectivity index (χ4v) is 1.97. The number of hydrogen-bond donors (Lipinski definition) is 0. The minimum absolute atomic E-state index is 0.277. The average Bonchev–Trinajstić information content (AvgIpc) is 2.59. The third-order valence-corrected chi connectivity index (χ3v) is 2.74. The van der Waals surface area contributed by atoms with Crippen LogP contribution in [0.4, 0.5) is 0 Å². The fourth-order valence-electron chi connectivity index (χ4n) is 1.18. The number of rotatable bonds is 0. The molecule has 0 amide bonds. The van der Waals surface area contributed by atoms with Crippen LogP contribution in [0.1, 0.15) is 0 Å². The summed E-state index contributed by atoms with van der Waals surface area (Å²) in [6, 6.07) is 0. The van der Waals surface area contributed by atoms with Gasteiger partial charge in [0, 0.05) is 14.1 Å². The lowest BCUT2D eigenvalue weighted by molar-refractivity contribution is 0.710. The Morgan fingerprint density at radius 1 is 1.31 bits per heavy atom. The molecule has 0 unspecified atom stereocenters. The quantitative estimate of drug-likeness (QED) is 0.582. The van der Waals surface area contributed by atoms with Crippen LogP contribution in [0, 0.1) is 0 Å². The summed E-state index contributed by atoms with van der Waals surface area (Å²) in [6.45, 7) is 0. The Kier molecular flexibility index (Phi) is 1.59. The lowest BCUT2D eigenvalue weighted by Crippen LogP contribution is -2.36. The lowest BCUT2D eigenvalue weighted by Gasteiger charge is -2.00. The van der Waals surface area contributed by atoms with E-state index in [-0.39, 0.29) is 11.2 Å². The molecular formula is C7H7N3O2S. The highest BCUT2D eigenvalue weighted by Gasteiger charge is 2.09. The Morgan fingerprint density at radius 2 is 2.00 bits per heavy atom. The van der Waals surface area contributed by atoms with Gasteiger partial charge in [0.1, 0.15) is 4.70 Å². The summed E-state index contributed by atoms with van der Waals surface area (Å²) < 4.78 is 2.97. The molecule has 68 valence electrons. The highest BCUT2D eigenvalue weighted by molar-refractivity contribution is 7.16. The maximum atomic E-state index is 11.5. The van der Waals surface area contributed by atoms with Crippen LogP contribution in [0.2, 0.25) is 0 Å². The minimum atomic E-state index is -0.344. The van der Waals surface area contributed by atoms with Gasteiger partial charge in [-0.25, -0.2) is 9.78 Å². The van der Waals surface area contributed by atoms with E-state index in [1.165, 1.54) is 23.0 Å². The van der Waals surface area contributed by atoms with E-state index in [9.17, 15) is 9.59 Å². The molecule has 0 N–H and O–H groups in total. The Morgan fingerprint density at radius 3 is 2.69 bits per heavy atom. The van der Waals surface area contributed by atoms with E-state index in [4.69, 9.17) is 0 Å². The van der Waals surface area contributed by atoms with Gasteiger partial charge in [-0.2, -0.15) is 0 Å². The third kappa shape index (κ3) is 0.951. The topological polar surface area (TPSA) is 56.9 Å². The minimum Gasteiger partial charge on any atom is -0.280 e. The second kappa shape index (κ2) is 2.53. The average molecular weight is 197 g/mol. The second-order valence-electron chi connectivity index (χ2n) is 2.71. The number of hydrogen-bond acceptors (Lipinski definition) is 4. The smallest absolute Gasteiger partial charge is 0.280 e. The molecule has 0 saturated carbocycles. The maximum Gasteiger partial charge on any atom is 0.332 e. The van der Waals surface area contributed by atoms with Crippen molar-refractivity contribution in [1.82, 2.24) is 14.1 Å². The van der Waals surface area contributed by atoms with Gasteiger partial charge in [0.2, 0.25) is 0 Å². The van der Waals surface area contributed by atoms with Gasteiger partial charge in [-0.1, -0.05) is 0 Å². The zero-order chi connectivity index (χ0) is 9.59. The molecule has 0 saturated heterocycles. The summed E-state index contributed by atoms with van der Waals surface area (Å²) in [5.74, 6) is 0. The molecule has 2 aromatic heterocycles. The summed E-state index contributed by atoms with van der Waals surface area (Å²) in [7, 11) is 3.06. The molecule has 0 radical (unpaired) electrons. The van der Waals surface area contributed by atoms with Gasteiger partial charge >= 0.3 is 5.69 Å². The first-order valence-electron chi connectivity index (χ1n) is 3.62. The largest absolute Gasteiger partial charge is 0.332 e. The number of thiazole rings is 1. The van der Waals surface area contributed by atoms with E-state index in [1.807, 2.05) is 0 Å². The molecule has 5 nitrogen and oxygen atoms in total. The molecule has 0 atom stereocenters. The molecule has 0 fully saturated rings. The Balaban J connectivity index is 3.21. The van der Waals surface area contributed by atoms with Crippen molar-refractivity contribution in [2.75, 3.05) is 0 Å². The zero-order valence-corrected chi connectivity index (χ0v) is 7.96. The molecule has 0 aliphatic carbocycles. The SMILES string of the molecule is Cn1c(=O)c2scnc2n(C)c1=O. The maximum absolute atomic E-state index is 11.5. The van der Waals surface area contributed by atoms with Crippen molar-refractivity contribution in [3.8, 4) is 0 Å². The Labute approximate surface area is 76.9 Å². The van der Waals surface area contributed by atoms with Gasteiger partial charge < -0.3 is 0 Å². The number of aryl methyl sites for hydroxylation is 1. The normalized spacial score (nSPS) is 10.9. The molecule has 0 aliphatic heterocycles. The Bertz CT molecular complexity index is 577. The van der Waals surface area contributed by atoms with Crippen molar-refractivity contribution in [3.63, 3.8) is 0 Å². The van der Waals surface area contributed by atoms with Crippen LogP contribution < -0.4 is 11.2 Å². The summed E-state index contributed by atoms with van der Waals surface area (Å²) in [6.07, 6.45) is 0. The predicted molar refractivity (Wildman–Crippen MR) is 50.1 cm³/mol. The molecule has 6 heteroatoms. The first-order chi connectivity index (χ1) is 6.13. The van der Waals surface area contributed by atoms with Crippen LogP contribution in [-0.4, -0.2) is 14.1 Å². The summed E-state index contributed by atoms with van der Waals surface area (Å²) >= 11 is 1.25. The molecule has 2 heterocycles. The molecule has 13 heavy (non-hydrogen) atoms. The highest BCUT2D eigenvalue weighted by Crippen LogP contribution is 2.09. The second-order valence-corrected chi connectivity index (χ2v) is 3.57. The summed E-state index contributed by atoms with van der Waals surface area (Å²) in [5.41, 5.74) is 1.40. The summed E-state index contributed by atoms with van der Waals surface area (Å²) in [5, 5.41) is 0. The van der Waals surface area contributed by atoms with Crippen LogP contribution in [-0.2, 0) is 14.1 Å². The van der Waals surface area contributed by atoms with Crippen molar-refractivity contribution >= 4 is 21.7 Å².